The maximum atomic E-state index is 12.0. The Morgan fingerprint density at radius 2 is 2.03 bits per heavy atom. The Kier molecular flexibility index (Phi) is 7.25. The van der Waals surface area contributed by atoms with Gasteiger partial charge in [-0.15, -0.1) is 10.2 Å². The van der Waals surface area contributed by atoms with Gasteiger partial charge in [-0.05, 0) is 49.6 Å². The molecule has 1 aliphatic heterocycles. The fraction of sp³-hybridized carbons (Fsp3) is 0.385. The molecule has 0 N–H and O–H groups in total. The van der Waals surface area contributed by atoms with Crippen LogP contribution in [-0.4, -0.2) is 59.2 Å². The normalized spacial score (nSPS) is 13.4. The van der Waals surface area contributed by atoms with Crippen molar-refractivity contribution in [2.24, 2.45) is 0 Å². The molecule has 3 aromatic rings. The van der Waals surface area contributed by atoms with Gasteiger partial charge in [0, 0.05) is 51.3 Å². The minimum Gasteiger partial charge on any atom is -0.490 e. The molecule has 176 valence electrons. The van der Waals surface area contributed by atoms with Crippen molar-refractivity contribution >= 4 is 17.2 Å². The highest BCUT2D eigenvalue weighted by molar-refractivity contribution is 7.17. The van der Waals surface area contributed by atoms with Crippen molar-refractivity contribution < 1.29 is 9.53 Å². The topological polar surface area (TPSA) is 82.4 Å². The molecule has 8 heteroatoms. The number of rotatable bonds is 7. The van der Waals surface area contributed by atoms with Crippen LogP contribution in [0.15, 0.2) is 36.4 Å². The summed E-state index contributed by atoms with van der Waals surface area (Å²) in [6.45, 7) is 6.39. The summed E-state index contributed by atoms with van der Waals surface area (Å²) >= 11 is 1.53. The molecule has 2 aromatic carbocycles. The van der Waals surface area contributed by atoms with E-state index in [4.69, 9.17) is 4.74 Å². The van der Waals surface area contributed by atoms with E-state index in [1.165, 1.54) is 22.5 Å². The molecule has 0 fully saturated rings. The van der Waals surface area contributed by atoms with Gasteiger partial charge in [-0.1, -0.05) is 29.5 Å². The third-order valence-corrected chi connectivity index (χ3v) is 6.86. The molecule has 1 aliphatic rings. The maximum absolute atomic E-state index is 12.0. The van der Waals surface area contributed by atoms with Crippen molar-refractivity contribution in [3.05, 3.63) is 53.1 Å². The summed E-state index contributed by atoms with van der Waals surface area (Å²) in [5.74, 6) is 0.740. The molecule has 0 saturated carbocycles. The Balaban J connectivity index is 1.54. The van der Waals surface area contributed by atoms with Crippen LogP contribution in [0.1, 0.15) is 37.0 Å². The van der Waals surface area contributed by atoms with Gasteiger partial charge in [0.05, 0.1) is 11.7 Å². The molecule has 0 aliphatic carbocycles. The van der Waals surface area contributed by atoms with Crippen LogP contribution in [0.2, 0.25) is 0 Å². The van der Waals surface area contributed by atoms with E-state index in [1.54, 1.807) is 19.0 Å². The number of ether oxygens (including phenoxy) is 1. The number of nitrogens with zero attached hydrogens (tertiary/aromatic N) is 5. The van der Waals surface area contributed by atoms with Crippen molar-refractivity contribution in [3.8, 4) is 33.0 Å². The van der Waals surface area contributed by atoms with E-state index >= 15 is 0 Å². The molecule has 4 rings (SSSR count). The van der Waals surface area contributed by atoms with Crippen molar-refractivity contribution in [2.75, 3.05) is 27.2 Å². The number of fused-ring (bicyclic) bond motifs is 1. The van der Waals surface area contributed by atoms with E-state index in [1.807, 2.05) is 32.0 Å². The minimum atomic E-state index is -0.000245. The fourth-order valence-corrected chi connectivity index (χ4v) is 4.98. The SMILES string of the molecule is CC(C)Oc1ccc(-c2nnc(-c3cccc4c3CCN(CCC(=O)N(C)C)C4)s2)cc1C#N. The van der Waals surface area contributed by atoms with Crippen molar-refractivity contribution in [2.45, 2.75) is 39.3 Å². The van der Waals surface area contributed by atoms with Gasteiger partial charge in [-0.2, -0.15) is 5.26 Å². The van der Waals surface area contributed by atoms with Crippen LogP contribution < -0.4 is 4.74 Å². The Morgan fingerprint density at radius 1 is 1.24 bits per heavy atom. The number of hydrogen-bond donors (Lipinski definition) is 0. The average Bonchev–Trinajstić information content (AvgIpc) is 3.32. The lowest BCUT2D eigenvalue weighted by molar-refractivity contribution is -0.129. The third-order valence-electron chi connectivity index (χ3n) is 5.85. The zero-order valence-corrected chi connectivity index (χ0v) is 20.9. The molecule has 0 unspecified atom stereocenters. The first kappa shape index (κ1) is 23.9. The molecular weight excluding hydrogens is 446 g/mol. The highest BCUT2D eigenvalue weighted by Crippen LogP contribution is 2.36. The second-order valence-electron chi connectivity index (χ2n) is 8.91. The van der Waals surface area contributed by atoms with Gasteiger partial charge in [0.2, 0.25) is 5.91 Å². The molecule has 0 atom stereocenters. The van der Waals surface area contributed by atoms with Gasteiger partial charge in [0.1, 0.15) is 21.8 Å². The van der Waals surface area contributed by atoms with E-state index in [0.29, 0.717) is 17.7 Å². The highest BCUT2D eigenvalue weighted by atomic mass is 32.1. The number of aromatic nitrogens is 2. The number of nitriles is 1. The predicted octanol–water partition coefficient (Wildman–Crippen LogP) is 4.37. The third kappa shape index (κ3) is 5.27. The number of benzene rings is 2. The second kappa shape index (κ2) is 10.3. The Morgan fingerprint density at radius 3 is 2.76 bits per heavy atom. The summed E-state index contributed by atoms with van der Waals surface area (Å²) in [5.41, 5.74) is 5.05. The zero-order valence-electron chi connectivity index (χ0n) is 20.0. The molecule has 0 saturated heterocycles. The highest BCUT2D eigenvalue weighted by Gasteiger charge is 2.22. The monoisotopic (exact) mass is 475 g/mol. The molecule has 2 heterocycles. The lowest BCUT2D eigenvalue weighted by Crippen LogP contribution is -2.34. The lowest BCUT2D eigenvalue weighted by Gasteiger charge is -2.29. The molecule has 0 bridgehead atoms. The van der Waals surface area contributed by atoms with Gasteiger partial charge in [0.15, 0.2) is 0 Å². The molecule has 0 spiro atoms. The largest absolute Gasteiger partial charge is 0.490 e. The van der Waals surface area contributed by atoms with Gasteiger partial charge < -0.3 is 9.64 Å². The van der Waals surface area contributed by atoms with E-state index in [2.05, 4.69) is 39.4 Å². The van der Waals surface area contributed by atoms with Gasteiger partial charge >= 0.3 is 0 Å². The van der Waals surface area contributed by atoms with Crippen LogP contribution in [0.25, 0.3) is 21.1 Å². The predicted molar refractivity (Wildman–Crippen MR) is 134 cm³/mol. The van der Waals surface area contributed by atoms with E-state index in [-0.39, 0.29) is 12.0 Å². The number of amides is 1. The lowest BCUT2D eigenvalue weighted by atomic mass is 9.94. The summed E-state index contributed by atoms with van der Waals surface area (Å²) in [6, 6.07) is 14.1. The van der Waals surface area contributed by atoms with Crippen LogP contribution in [0.5, 0.6) is 5.75 Å². The Labute approximate surface area is 204 Å². The molecule has 1 aromatic heterocycles. The van der Waals surface area contributed by atoms with Gasteiger partial charge in [-0.25, -0.2) is 0 Å². The molecular formula is C26H29N5O2S. The number of carbonyl (C=O) groups is 1. The van der Waals surface area contributed by atoms with Crippen molar-refractivity contribution in [1.29, 1.82) is 5.26 Å². The molecule has 7 nitrogen and oxygen atoms in total. The number of carbonyl (C=O) groups excluding carboxylic acids is 1. The van der Waals surface area contributed by atoms with Crippen molar-refractivity contribution in [1.82, 2.24) is 20.0 Å². The first-order chi connectivity index (χ1) is 16.4. The van der Waals surface area contributed by atoms with Crippen LogP contribution in [-0.2, 0) is 17.8 Å². The van der Waals surface area contributed by atoms with Crippen LogP contribution in [0.3, 0.4) is 0 Å². The molecule has 34 heavy (non-hydrogen) atoms. The Hall–Kier alpha value is -3.28. The zero-order chi connectivity index (χ0) is 24.2. The second-order valence-corrected chi connectivity index (χ2v) is 9.89. The van der Waals surface area contributed by atoms with Crippen LogP contribution in [0.4, 0.5) is 0 Å². The van der Waals surface area contributed by atoms with Crippen molar-refractivity contribution in [3.63, 3.8) is 0 Å². The molecule has 0 radical (unpaired) electrons. The van der Waals surface area contributed by atoms with Crippen LogP contribution >= 0.6 is 11.3 Å². The summed E-state index contributed by atoms with van der Waals surface area (Å²) in [7, 11) is 3.59. The summed E-state index contributed by atoms with van der Waals surface area (Å²) in [5, 5.41) is 20.1. The first-order valence-corrected chi connectivity index (χ1v) is 12.3. The van der Waals surface area contributed by atoms with Gasteiger partial charge in [0.25, 0.3) is 0 Å². The fourth-order valence-electron chi connectivity index (χ4n) is 4.09. The average molecular weight is 476 g/mol. The van der Waals surface area contributed by atoms with E-state index in [9.17, 15) is 10.1 Å². The quantitative estimate of drug-likeness (QED) is 0.505. The van der Waals surface area contributed by atoms with Gasteiger partial charge in [-0.3, -0.25) is 9.69 Å². The standard InChI is InChI=1S/C26H29N5O2S/c1-17(2)33-23-9-8-18(14-20(23)15-27)25-28-29-26(34-25)22-7-5-6-19-16-31(12-10-21(19)22)13-11-24(32)30(3)4/h5-9,14,17H,10-13,16H2,1-4H3. The Bertz CT molecular complexity index is 1230. The minimum absolute atomic E-state index is 0.000245. The van der Waals surface area contributed by atoms with E-state index in [0.717, 1.165) is 47.2 Å². The molecule has 1 amide bonds. The van der Waals surface area contributed by atoms with Crippen LogP contribution in [0, 0.1) is 11.3 Å². The summed E-state index contributed by atoms with van der Waals surface area (Å²) in [6.07, 6.45) is 1.45. The van der Waals surface area contributed by atoms with E-state index < -0.39 is 0 Å². The smallest absolute Gasteiger partial charge is 0.223 e. The maximum Gasteiger partial charge on any atom is 0.223 e. The summed E-state index contributed by atoms with van der Waals surface area (Å²) < 4.78 is 5.73. The first-order valence-electron chi connectivity index (χ1n) is 11.4. The number of hydrogen-bond acceptors (Lipinski definition) is 7. The summed E-state index contributed by atoms with van der Waals surface area (Å²) in [4.78, 5) is 15.9.